The van der Waals surface area contributed by atoms with Crippen molar-refractivity contribution in [3.8, 4) is 0 Å². The Morgan fingerprint density at radius 1 is 1.64 bits per heavy atom. The van der Waals surface area contributed by atoms with Gasteiger partial charge in [0.1, 0.15) is 0 Å². The number of likely N-dealkylation sites (N-methyl/N-ethyl adjacent to an activating group) is 1. The predicted octanol–water partition coefficient (Wildman–Crippen LogP) is -0.0897. The normalized spacial score (nSPS) is 30.4. The SMILES string of the molecule is CN(C(N)=O)[C@@H]1CCC[C@H]1O. The summed E-state index contributed by atoms with van der Waals surface area (Å²) in [7, 11) is 1.63. The molecular weight excluding hydrogens is 144 g/mol. The smallest absolute Gasteiger partial charge is 0.314 e. The van der Waals surface area contributed by atoms with E-state index in [1.54, 1.807) is 7.05 Å². The van der Waals surface area contributed by atoms with Gasteiger partial charge in [0.05, 0.1) is 12.1 Å². The van der Waals surface area contributed by atoms with E-state index in [-0.39, 0.29) is 12.1 Å². The quantitative estimate of drug-likeness (QED) is 0.560. The first-order valence-electron chi connectivity index (χ1n) is 3.83. The second-order valence-electron chi connectivity index (χ2n) is 3.01. The zero-order valence-electron chi connectivity index (χ0n) is 6.66. The summed E-state index contributed by atoms with van der Waals surface area (Å²) in [6.45, 7) is 0. The van der Waals surface area contributed by atoms with E-state index >= 15 is 0 Å². The summed E-state index contributed by atoms with van der Waals surface area (Å²) in [5.41, 5.74) is 5.05. The summed E-state index contributed by atoms with van der Waals surface area (Å²) >= 11 is 0. The van der Waals surface area contributed by atoms with Crippen molar-refractivity contribution in [2.45, 2.75) is 31.4 Å². The van der Waals surface area contributed by atoms with Crippen LogP contribution >= 0.6 is 0 Å². The van der Waals surface area contributed by atoms with Crippen LogP contribution in [0.25, 0.3) is 0 Å². The Labute approximate surface area is 66.0 Å². The van der Waals surface area contributed by atoms with E-state index in [1.165, 1.54) is 4.90 Å². The van der Waals surface area contributed by atoms with Gasteiger partial charge in [0.25, 0.3) is 0 Å². The number of carbonyl (C=O) groups excluding carboxylic acids is 1. The minimum absolute atomic E-state index is 0.0625. The average Bonchev–Trinajstić information content (AvgIpc) is 2.33. The maximum atomic E-state index is 10.7. The second-order valence-corrected chi connectivity index (χ2v) is 3.01. The Kier molecular flexibility index (Phi) is 2.34. The summed E-state index contributed by atoms with van der Waals surface area (Å²) in [4.78, 5) is 12.1. The van der Waals surface area contributed by atoms with Gasteiger partial charge < -0.3 is 15.7 Å². The minimum Gasteiger partial charge on any atom is -0.391 e. The number of nitrogens with two attached hydrogens (primary N) is 1. The van der Waals surface area contributed by atoms with E-state index in [4.69, 9.17) is 5.73 Å². The van der Waals surface area contributed by atoms with Gasteiger partial charge in [-0.05, 0) is 19.3 Å². The van der Waals surface area contributed by atoms with Gasteiger partial charge in [0.2, 0.25) is 0 Å². The van der Waals surface area contributed by atoms with Crippen LogP contribution in [-0.2, 0) is 0 Å². The van der Waals surface area contributed by atoms with Crippen molar-refractivity contribution in [1.29, 1.82) is 0 Å². The molecule has 4 heteroatoms. The minimum atomic E-state index is -0.462. The zero-order chi connectivity index (χ0) is 8.43. The molecule has 0 radical (unpaired) electrons. The Bertz CT molecular complexity index is 161. The fourth-order valence-corrected chi connectivity index (χ4v) is 1.54. The molecule has 64 valence electrons. The fourth-order valence-electron chi connectivity index (χ4n) is 1.54. The predicted molar refractivity (Wildman–Crippen MR) is 41.0 cm³/mol. The van der Waals surface area contributed by atoms with Crippen molar-refractivity contribution < 1.29 is 9.90 Å². The number of hydrogen-bond donors (Lipinski definition) is 2. The molecule has 0 aromatic rings. The highest BCUT2D eigenvalue weighted by Gasteiger charge is 2.30. The monoisotopic (exact) mass is 158 g/mol. The zero-order valence-corrected chi connectivity index (χ0v) is 6.66. The van der Waals surface area contributed by atoms with Crippen LogP contribution in [0, 0.1) is 0 Å². The third kappa shape index (κ3) is 1.63. The lowest BCUT2D eigenvalue weighted by molar-refractivity contribution is 0.101. The summed E-state index contributed by atoms with van der Waals surface area (Å²) in [5.74, 6) is 0. The van der Waals surface area contributed by atoms with Crippen LogP contribution in [0.4, 0.5) is 4.79 Å². The highest BCUT2D eigenvalue weighted by atomic mass is 16.3. The van der Waals surface area contributed by atoms with Crippen LogP contribution in [0.15, 0.2) is 0 Å². The van der Waals surface area contributed by atoms with Gasteiger partial charge >= 0.3 is 6.03 Å². The number of nitrogens with zero attached hydrogens (tertiary/aromatic N) is 1. The van der Waals surface area contributed by atoms with E-state index < -0.39 is 6.03 Å². The molecule has 1 aliphatic carbocycles. The van der Waals surface area contributed by atoms with Gasteiger partial charge in [-0.25, -0.2) is 4.79 Å². The van der Waals surface area contributed by atoms with E-state index in [1.807, 2.05) is 0 Å². The van der Waals surface area contributed by atoms with E-state index in [0.717, 1.165) is 19.3 Å². The van der Waals surface area contributed by atoms with E-state index in [0.29, 0.717) is 0 Å². The van der Waals surface area contributed by atoms with Gasteiger partial charge in [-0.3, -0.25) is 0 Å². The fraction of sp³-hybridized carbons (Fsp3) is 0.857. The van der Waals surface area contributed by atoms with Crippen LogP contribution in [0.1, 0.15) is 19.3 Å². The summed E-state index contributed by atoms with van der Waals surface area (Å²) < 4.78 is 0. The van der Waals surface area contributed by atoms with E-state index in [2.05, 4.69) is 0 Å². The van der Waals surface area contributed by atoms with Gasteiger partial charge in [0, 0.05) is 7.05 Å². The van der Waals surface area contributed by atoms with Crippen molar-refractivity contribution in [3.05, 3.63) is 0 Å². The molecule has 2 atom stereocenters. The molecule has 1 saturated carbocycles. The van der Waals surface area contributed by atoms with Crippen LogP contribution in [0.2, 0.25) is 0 Å². The first-order chi connectivity index (χ1) is 5.13. The first kappa shape index (κ1) is 8.33. The summed E-state index contributed by atoms with van der Waals surface area (Å²) in [5, 5.41) is 9.36. The largest absolute Gasteiger partial charge is 0.391 e. The molecule has 3 N–H and O–H groups in total. The van der Waals surface area contributed by atoms with Gasteiger partial charge in [0.15, 0.2) is 0 Å². The molecule has 0 unspecified atom stereocenters. The molecule has 0 heterocycles. The van der Waals surface area contributed by atoms with Crippen LogP contribution in [0.3, 0.4) is 0 Å². The number of rotatable bonds is 1. The van der Waals surface area contributed by atoms with Crippen molar-refractivity contribution in [2.75, 3.05) is 7.05 Å². The molecule has 11 heavy (non-hydrogen) atoms. The van der Waals surface area contributed by atoms with E-state index in [9.17, 15) is 9.90 Å². The maximum Gasteiger partial charge on any atom is 0.314 e. The number of aliphatic hydroxyl groups is 1. The molecule has 1 aliphatic rings. The summed E-state index contributed by atoms with van der Waals surface area (Å²) in [6.07, 6.45) is 2.24. The summed E-state index contributed by atoms with van der Waals surface area (Å²) in [6, 6.07) is -0.525. The van der Waals surface area contributed by atoms with Crippen LogP contribution in [-0.4, -0.2) is 35.2 Å². The Morgan fingerprint density at radius 3 is 2.64 bits per heavy atom. The van der Waals surface area contributed by atoms with Crippen molar-refractivity contribution in [1.82, 2.24) is 4.90 Å². The molecule has 2 amide bonds. The second kappa shape index (κ2) is 3.09. The third-order valence-corrected chi connectivity index (χ3v) is 2.29. The first-order valence-corrected chi connectivity index (χ1v) is 3.83. The molecule has 0 spiro atoms. The molecule has 1 fully saturated rings. The van der Waals surface area contributed by atoms with Crippen LogP contribution in [0.5, 0.6) is 0 Å². The lowest BCUT2D eigenvalue weighted by Crippen LogP contribution is -2.44. The molecule has 0 saturated heterocycles. The third-order valence-electron chi connectivity index (χ3n) is 2.29. The number of amides is 2. The highest BCUT2D eigenvalue weighted by Crippen LogP contribution is 2.22. The number of urea groups is 1. The van der Waals surface area contributed by atoms with Crippen molar-refractivity contribution >= 4 is 6.03 Å². The Balaban J connectivity index is 2.52. The molecular formula is C7H14N2O2. The van der Waals surface area contributed by atoms with Gasteiger partial charge in [-0.2, -0.15) is 0 Å². The molecule has 0 aromatic carbocycles. The standard InChI is InChI=1S/C7H14N2O2/c1-9(7(8)11)5-3-2-4-6(5)10/h5-6,10H,2-4H2,1H3,(H2,8,11)/t5-,6-/m1/s1. The average molecular weight is 158 g/mol. The highest BCUT2D eigenvalue weighted by molar-refractivity contribution is 5.72. The van der Waals surface area contributed by atoms with Gasteiger partial charge in [-0.15, -0.1) is 0 Å². The molecule has 0 aliphatic heterocycles. The van der Waals surface area contributed by atoms with Gasteiger partial charge in [-0.1, -0.05) is 0 Å². The topological polar surface area (TPSA) is 66.6 Å². The molecule has 1 rings (SSSR count). The number of primary amides is 1. The van der Waals surface area contributed by atoms with Crippen LogP contribution < -0.4 is 5.73 Å². The molecule has 0 bridgehead atoms. The number of hydrogen-bond acceptors (Lipinski definition) is 2. The van der Waals surface area contributed by atoms with Crippen molar-refractivity contribution in [3.63, 3.8) is 0 Å². The lowest BCUT2D eigenvalue weighted by atomic mass is 10.2. The molecule has 4 nitrogen and oxygen atoms in total. The number of carbonyl (C=O) groups is 1. The number of aliphatic hydroxyl groups excluding tert-OH is 1. The Hall–Kier alpha value is -0.770. The Morgan fingerprint density at radius 2 is 2.27 bits per heavy atom. The van der Waals surface area contributed by atoms with Crippen molar-refractivity contribution in [2.24, 2.45) is 5.73 Å². The maximum absolute atomic E-state index is 10.7. The molecule has 0 aromatic heterocycles. The lowest BCUT2D eigenvalue weighted by Gasteiger charge is -2.24.